The summed E-state index contributed by atoms with van der Waals surface area (Å²) >= 11 is 0. The van der Waals surface area contributed by atoms with Gasteiger partial charge in [-0.3, -0.25) is 9.79 Å². The van der Waals surface area contributed by atoms with Gasteiger partial charge in [0, 0.05) is 57.9 Å². The summed E-state index contributed by atoms with van der Waals surface area (Å²) in [5.41, 5.74) is 1.28. The van der Waals surface area contributed by atoms with Crippen molar-refractivity contribution >= 4 is 17.6 Å². The van der Waals surface area contributed by atoms with Crippen molar-refractivity contribution in [2.24, 2.45) is 4.99 Å². The van der Waals surface area contributed by atoms with Crippen molar-refractivity contribution in [3.63, 3.8) is 0 Å². The molecule has 0 aliphatic carbocycles. The van der Waals surface area contributed by atoms with E-state index in [-0.39, 0.29) is 5.91 Å². The number of carbonyl (C=O) groups excluding carboxylic acids is 1. The second-order valence-corrected chi connectivity index (χ2v) is 6.88. The molecule has 2 fully saturated rings. The lowest BCUT2D eigenvalue weighted by Crippen LogP contribution is -2.52. The molecule has 1 N–H and O–H groups in total. The normalized spacial score (nSPS) is 18.3. The molecule has 3 rings (SSSR count). The molecule has 2 saturated heterocycles. The van der Waals surface area contributed by atoms with Crippen molar-refractivity contribution in [3.05, 3.63) is 30.3 Å². The van der Waals surface area contributed by atoms with Crippen LogP contribution in [0.15, 0.2) is 35.3 Å². The molecule has 2 aliphatic heterocycles. The van der Waals surface area contributed by atoms with E-state index in [0.717, 1.165) is 64.6 Å². The average molecular weight is 358 g/mol. The summed E-state index contributed by atoms with van der Waals surface area (Å²) in [6.07, 6.45) is 2.80. The molecule has 1 amide bonds. The molecule has 0 bridgehead atoms. The van der Waals surface area contributed by atoms with E-state index >= 15 is 0 Å². The van der Waals surface area contributed by atoms with E-state index in [1.165, 1.54) is 5.69 Å². The molecule has 0 spiro atoms. The van der Waals surface area contributed by atoms with Crippen LogP contribution in [0.4, 0.5) is 5.69 Å². The molecular formula is C20H31N5O. The summed E-state index contributed by atoms with van der Waals surface area (Å²) in [4.78, 5) is 23.6. The van der Waals surface area contributed by atoms with Crippen LogP contribution < -0.4 is 10.2 Å². The van der Waals surface area contributed by atoms with Crippen molar-refractivity contribution in [1.82, 2.24) is 15.1 Å². The zero-order valence-corrected chi connectivity index (χ0v) is 15.9. The predicted octanol–water partition coefficient (Wildman–Crippen LogP) is 1.79. The highest BCUT2D eigenvalue weighted by Crippen LogP contribution is 2.15. The Morgan fingerprint density at radius 1 is 1.00 bits per heavy atom. The SMILES string of the molecule is CCNC(=NCCC(=O)N1CCCC1)N1CCN(c2ccccc2)CC1. The highest BCUT2D eigenvalue weighted by molar-refractivity contribution is 5.81. The number of amides is 1. The number of guanidine groups is 1. The fraction of sp³-hybridized carbons (Fsp3) is 0.600. The lowest BCUT2D eigenvalue weighted by molar-refractivity contribution is -0.129. The monoisotopic (exact) mass is 357 g/mol. The lowest BCUT2D eigenvalue weighted by atomic mass is 10.2. The molecular weight excluding hydrogens is 326 g/mol. The van der Waals surface area contributed by atoms with E-state index in [4.69, 9.17) is 4.99 Å². The quantitative estimate of drug-likeness (QED) is 0.645. The van der Waals surface area contributed by atoms with Crippen LogP contribution in [0.2, 0.25) is 0 Å². The van der Waals surface area contributed by atoms with Gasteiger partial charge in [-0.05, 0) is 31.9 Å². The summed E-state index contributed by atoms with van der Waals surface area (Å²) in [6, 6.07) is 10.6. The minimum Gasteiger partial charge on any atom is -0.368 e. The number of carbonyl (C=O) groups is 1. The molecule has 0 atom stereocenters. The van der Waals surface area contributed by atoms with Crippen LogP contribution in [0.25, 0.3) is 0 Å². The first-order chi connectivity index (χ1) is 12.8. The first kappa shape index (κ1) is 18.5. The van der Waals surface area contributed by atoms with Crippen molar-refractivity contribution < 1.29 is 4.79 Å². The molecule has 2 aliphatic rings. The maximum Gasteiger partial charge on any atom is 0.224 e. The number of para-hydroxylation sites is 1. The van der Waals surface area contributed by atoms with Crippen LogP contribution in [0, 0.1) is 0 Å². The molecule has 26 heavy (non-hydrogen) atoms. The fourth-order valence-electron chi connectivity index (χ4n) is 3.62. The number of nitrogens with one attached hydrogen (secondary N) is 1. The van der Waals surface area contributed by atoms with E-state index in [2.05, 4.69) is 52.4 Å². The summed E-state index contributed by atoms with van der Waals surface area (Å²) in [5.74, 6) is 1.19. The van der Waals surface area contributed by atoms with Crippen molar-refractivity contribution in [2.75, 3.05) is 57.3 Å². The van der Waals surface area contributed by atoms with Gasteiger partial charge in [0.25, 0.3) is 0 Å². The Hall–Kier alpha value is -2.24. The number of benzene rings is 1. The molecule has 6 nitrogen and oxygen atoms in total. The third kappa shape index (κ3) is 4.90. The fourth-order valence-corrected chi connectivity index (χ4v) is 3.62. The predicted molar refractivity (Wildman–Crippen MR) is 107 cm³/mol. The number of hydrogen-bond donors (Lipinski definition) is 1. The van der Waals surface area contributed by atoms with Gasteiger partial charge in [0.2, 0.25) is 5.91 Å². The number of aliphatic imine (C=N–C) groups is 1. The minimum atomic E-state index is 0.246. The zero-order valence-electron chi connectivity index (χ0n) is 15.9. The molecule has 142 valence electrons. The van der Waals surface area contributed by atoms with Crippen LogP contribution in [-0.4, -0.2) is 74.0 Å². The van der Waals surface area contributed by atoms with Crippen LogP contribution in [0.1, 0.15) is 26.2 Å². The summed E-state index contributed by atoms with van der Waals surface area (Å²) in [5, 5.41) is 3.38. The molecule has 0 unspecified atom stereocenters. The lowest BCUT2D eigenvalue weighted by Gasteiger charge is -2.37. The third-order valence-corrected chi connectivity index (χ3v) is 5.08. The number of rotatable bonds is 5. The molecule has 0 aromatic heterocycles. The molecule has 0 radical (unpaired) electrons. The summed E-state index contributed by atoms with van der Waals surface area (Å²) in [6.45, 7) is 9.21. The highest BCUT2D eigenvalue weighted by atomic mass is 16.2. The van der Waals surface area contributed by atoms with Gasteiger partial charge in [-0.2, -0.15) is 0 Å². The Morgan fingerprint density at radius 3 is 2.35 bits per heavy atom. The average Bonchev–Trinajstić information content (AvgIpc) is 3.23. The minimum absolute atomic E-state index is 0.246. The Balaban J connectivity index is 1.50. The van der Waals surface area contributed by atoms with Gasteiger partial charge in [0.1, 0.15) is 0 Å². The number of nitrogens with zero attached hydrogens (tertiary/aromatic N) is 4. The molecule has 2 heterocycles. The van der Waals surface area contributed by atoms with Gasteiger partial charge in [-0.15, -0.1) is 0 Å². The van der Waals surface area contributed by atoms with E-state index in [9.17, 15) is 4.79 Å². The van der Waals surface area contributed by atoms with Crippen LogP contribution in [0.3, 0.4) is 0 Å². The zero-order chi connectivity index (χ0) is 18.2. The summed E-state index contributed by atoms with van der Waals surface area (Å²) < 4.78 is 0. The number of anilines is 1. The van der Waals surface area contributed by atoms with Gasteiger partial charge in [0.05, 0.1) is 6.54 Å². The Morgan fingerprint density at radius 2 is 1.69 bits per heavy atom. The van der Waals surface area contributed by atoms with Gasteiger partial charge in [0.15, 0.2) is 5.96 Å². The molecule has 6 heteroatoms. The largest absolute Gasteiger partial charge is 0.368 e. The maximum atomic E-state index is 12.2. The number of piperazine rings is 1. The standard InChI is InChI=1S/C20H31N5O/c1-2-21-20(22-11-10-19(26)24-12-6-7-13-24)25-16-14-23(15-17-25)18-8-4-3-5-9-18/h3-5,8-9H,2,6-7,10-17H2,1H3,(H,21,22). The molecule has 1 aromatic rings. The van der Waals surface area contributed by atoms with Crippen molar-refractivity contribution in [3.8, 4) is 0 Å². The van der Waals surface area contributed by atoms with Crippen molar-refractivity contribution in [1.29, 1.82) is 0 Å². The molecule has 1 aromatic carbocycles. The summed E-state index contributed by atoms with van der Waals surface area (Å²) in [7, 11) is 0. The first-order valence-electron chi connectivity index (χ1n) is 9.89. The van der Waals surface area contributed by atoms with Gasteiger partial charge in [-0.1, -0.05) is 18.2 Å². The Bertz CT molecular complexity index is 589. The van der Waals surface area contributed by atoms with Crippen LogP contribution >= 0.6 is 0 Å². The van der Waals surface area contributed by atoms with E-state index in [1.807, 2.05) is 4.90 Å². The topological polar surface area (TPSA) is 51.2 Å². The van der Waals surface area contributed by atoms with E-state index in [1.54, 1.807) is 0 Å². The number of hydrogen-bond acceptors (Lipinski definition) is 3. The van der Waals surface area contributed by atoms with Gasteiger partial charge >= 0.3 is 0 Å². The van der Waals surface area contributed by atoms with E-state index in [0.29, 0.717) is 13.0 Å². The highest BCUT2D eigenvalue weighted by Gasteiger charge is 2.20. The maximum absolute atomic E-state index is 12.2. The first-order valence-corrected chi connectivity index (χ1v) is 9.89. The van der Waals surface area contributed by atoms with Crippen LogP contribution in [-0.2, 0) is 4.79 Å². The number of likely N-dealkylation sites (tertiary alicyclic amines) is 1. The molecule has 0 saturated carbocycles. The van der Waals surface area contributed by atoms with E-state index < -0.39 is 0 Å². The second kappa shape index (κ2) is 9.46. The van der Waals surface area contributed by atoms with Gasteiger partial charge in [-0.25, -0.2) is 0 Å². The smallest absolute Gasteiger partial charge is 0.224 e. The second-order valence-electron chi connectivity index (χ2n) is 6.88. The Labute approximate surface area is 156 Å². The third-order valence-electron chi connectivity index (χ3n) is 5.08. The van der Waals surface area contributed by atoms with Crippen LogP contribution in [0.5, 0.6) is 0 Å². The van der Waals surface area contributed by atoms with Crippen molar-refractivity contribution in [2.45, 2.75) is 26.2 Å². The Kier molecular flexibility index (Phi) is 6.75. The van der Waals surface area contributed by atoms with Gasteiger partial charge < -0.3 is 20.0 Å².